The molecule has 1 aromatic carbocycles. The molecule has 1 amide bonds. The van der Waals surface area contributed by atoms with E-state index in [1.54, 1.807) is 32.4 Å². The predicted molar refractivity (Wildman–Crippen MR) is 124 cm³/mol. The first-order valence-electron chi connectivity index (χ1n) is 11.2. The van der Waals surface area contributed by atoms with Gasteiger partial charge in [0.2, 0.25) is 5.91 Å². The number of ether oxygens (including phenoxy) is 4. The van der Waals surface area contributed by atoms with Crippen molar-refractivity contribution >= 4 is 5.91 Å². The smallest absolute Gasteiger partial charge is 0.392 e. The van der Waals surface area contributed by atoms with Crippen molar-refractivity contribution in [3.8, 4) is 11.5 Å². The Morgan fingerprint density at radius 1 is 1.09 bits per heavy atom. The maximum absolute atomic E-state index is 13.0. The molecule has 0 saturated heterocycles. The fourth-order valence-electron chi connectivity index (χ4n) is 3.35. The number of nitrogens with one attached hydrogen (secondary N) is 1. The number of halogens is 3. The predicted octanol–water partition coefficient (Wildman–Crippen LogP) is 4.04. The van der Waals surface area contributed by atoms with Gasteiger partial charge in [0.05, 0.1) is 26.2 Å². The Labute approximate surface area is 200 Å². The monoisotopic (exact) mass is 492 g/mol. The van der Waals surface area contributed by atoms with Crippen LogP contribution in [0.5, 0.6) is 11.5 Å². The first-order chi connectivity index (χ1) is 15.8. The van der Waals surface area contributed by atoms with Crippen molar-refractivity contribution in [2.75, 3.05) is 48.1 Å². The van der Waals surface area contributed by atoms with E-state index in [9.17, 15) is 18.0 Å². The highest BCUT2D eigenvalue weighted by atomic mass is 19.4. The summed E-state index contributed by atoms with van der Waals surface area (Å²) in [4.78, 5) is 14.9. The molecule has 0 fully saturated rings. The summed E-state index contributed by atoms with van der Waals surface area (Å²) in [5, 5.41) is 2.97. The SMILES string of the molecule is COc1ccc(CCNC(=O)[C@@H](CC(C)(C)C)N(C)CC(OC)OC)cc1OCCC(F)(F)F. The highest BCUT2D eigenvalue weighted by Gasteiger charge is 2.30. The lowest BCUT2D eigenvalue weighted by Crippen LogP contribution is -2.49. The van der Waals surface area contributed by atoms with Crippen LogP contribution in [-0.2, 0) is 20.7 Å². The highest BCUT2D eigenvalue weighted by Crippen LogP contribution is 2.29. The largest absolute Gasteiger partial charge is 0.493 e. The second kappa shape index (κ2) is 13.7. The van der Waals surface area contributed by atoms with Crippen molar-refractivity contribution in [1.82, 2.24) is 10.2 Å². The molecule has 0 heterocycles. The van der Waals surface area contributed by atoms with Gasteiger partial charge in [-0.2, -0.15) is 13.2 Å². The Hall–Kier alpha value is -2.04. The van der Waals surface area contributed by atoms with E-state index >= 15 is 0 Å². The molecule has 1 rings (SSSR count). The second-order valence-electron chi connectivity index (χ2n) is 9.36. The van der Waals surface area contributed by atoms with E-state index in [-0.39, 0.29) is 23.1 Å². The second-order valence-corrected chi connectivity index (χ2v) is 9.36. The zero-order valence-electron chi connectivity index (χ0n) is 21.3. The molecule has 0 bridgehead atoms. The van der Waals surface area contributed by atoms with Crippen LogP contribution in [0.15, 0.2) is 18.2 Å². The molecule has 0 saturated carbocycles. The van der Waals surface area contributed by atoms with Crippen molar-refractivity contribution in [2.24, 2.45) is 5.41 Å². The molecule has 1 N–H and O–H groups in total. The minimum Gasteiger partial charge on any atom is -0.493 e. The number of methoxy groups -OCH3 is 3. The summed E-state index contributed by atoms with van der Waals surface area (Å²) in [6.07, 6.45) is -4.68. The Morgan fingerprint density at radius 2 is 1.74 bits per heavy atom. The quantitative estimate of drug-likeness (QED) is 0.396. The standard InChI is InChI=1S/C24H39F3N2O5/c1-23(2,3)15-18(29(4)16-21(32-6)33-7)22(30)28-12-10-17-8-9-19(31-5)20(14-17)34-13-11-24(25,26)27/h8-9,14,18,21H,10-13,15-16H2,1-7H3,(H,28,30)/t18-/m1/s1. The number of carbonyl (C=O) groups is 1. The van der Waals surface area contributed by atoms with Gasteiger partial charge in [-0.15, -0.1) is 0 Å². The average molecular weight is 493 g/mol. The van der Waals surface area contributed by atoms with Gasteiger partial charge in [-0.1, -0.05) is 26.8 Å². The molecular formula is C24H39F3N2O5. The highest BCUT2D eigenvalue weighted by molar-refractivity contribution is 5.81. The van der Waals surface area contributed by atoms with Crippen LogP contribution in [0, 0.1) is 5.41 Å². The van der Waals surface area contributed by atoms with E-state index < -0.39 is 25.5 Å². The number of alkyl halides is 3. The number of nitrogens with zero attached hydrogens (tertiary/aromatic N) is 1. The van der Waals surface area contributed by atoms with Crippen LogP contribution >= 0.6 is 0 Å². The minimum atomic E-state index is -4.29. The van der Waals surface area contributed by atoms with Crippen LogP contribution in [0.4, 0.5) is 13.2 Å². The zero-order valence-corrected chi connectivity index (χ0v) is 21.3. The first kappa shape index (κ1) is 30.0. The van der Waals surface area contributed by atoms with Crippen LogP contribution in [0.2, 0.25) is 0 Å². The van der Waals surface area contributed by atoms with Crippen LogP contribution in [0.3, 0.4) is 0 Å². The molecule has 34 heavy (non-hydrogen) atoms. The maximum atomic E-state index is 13.0. The molecule has 0 aliphatic heterocycles. The van der Waals surface area contributed by atoms with Crippen molar-refractivity contribution in [1.29, 1.82) is 0 Å². The van der Waals surface area contributed by atoms with Gasteiger partial charge in [-0.3, -0.25) is 9.69 Å². The number of benzene rings is 1. The fourth-order valence-corrected chi connectivity index (χ4v) is 3.35. The maximum Gasteiger partial charge on any atom is 0.392 e. The summed E-state index contributed by atoms with van der Waals surface area (Å²) in [5.74, 6) is 0.484. The van der Waals surface area contributed by atoms with Crippen LogP contribution in [0.25, 0.3) is 0 Å². The van der Waals surface area contributed by atoms with Gasteiger partial charge in [-0.05, 0) is 43.0 Å². The van der Waals surface area contributed by atoms with Crippen molar-refractivity contribution in [2.45, 2.75) is 58.5 Å². The number of hydrogen-bond donors (Lipinski definition) is 1. The van der Waals surface area contributed by atoms with Gasteiger partial charge in [0.15, 0.2) is 17.8 Å². The minimum absolute atomic E-state index is 0.0788. The van der Waals surface area contributed by atoms with Crippen molar-refractivity contribution < 1.29 is 36.9 Å². The van der Waals surface area contributed by atoms with E-state index in [4.69, 9.17) is 18.9 Å². The molecule has 0 aliphatic rings. The number of amides is 1. The lowest BCUT2D eigenvalue weighted by atomic mass is 9.87. The van der Waals surface area contributed by atoms with Gasteiger partial charge >= 0.3 is 6.18 Å². The van der Waals surface area contributed by atoms with E-state index in [2.05, 4.69) is 26.1 Å². The number of carbonyl (C=O) groups excluding carboxylic acids is 1. The lowest BCUT2D eigenvalue weighted by Gasteiger charge is -2.33. The van der Waals surface area contributed by atoms with Crippen molar-refractivity contribution in [3.05, 3.63) is 23.8 Å². The molecule has 0 spiro atoms. The molecule has 0 aliphatic carbocycles. The molecule has 1 aromatic rings. The summed E-state index contributed by atoms with van der Waals surface area (Å²) >= 11 is 0. The summed E-state index contributed by atoms with van der Waals surface area (Å²) in [6.45, 7) is 6.51. The van der Waals surface area contributed by atoms with Gasteiger partial charge in [-0.25, -0.2) is 0 Å². The molecule has 196 valence electrons. The molecule has 7 nitrogen and oxygen atoms in total. The average Bonchev–Trinajstić information content (AvgIpc) is 2.74. The normalized spacial score (nSPS) is 13.3. The Balaban J connectivity index is 2.78. The van der Waals surface area contributed by atoms with E-state index in [0.29, 0.717) is 31.7 Å². The van der Waals surface area contributed by atoms with Gasteiger partial charge in [0, 0.05) is 27.3 Å². The van der Waals surface area contributed by atoms with Gasteiger partial charge < -0.3 is 24.3 Å². The topological polar surface area (TPSA) is 69.3 Å². The Morgan fingerprint density at radius 3 is 2.26 bits per heavy atom. The number of likely N-dealkylation sites (N-methyl/N-ethyl adjacent to an activating group) is 1. The molecule has 0 unspecified atom stereocenters. The lowest BCUT2D eigenvalue weighted by molar-refractivity contribution is -0.139. The zero-order chi connectivity index (χ0) is 25.9. The molecule has 1 atom stereocenters. The molecule has 10 heteroatoms. The van der Waals surface area contributed by atoms with E-state index in [1.807, 2.05) is 11.9 Å². The third-order valence-corrected chi connectivity index (χ3v) is 5.19. The Bertz CT molecular complexity index is 749. The van der Waals surface area contributed by atoms with Crippen LogP contribution in [0.1, 0.15) is 39.2 Å². The third kappa shape index (κ3) is 11.4. The van der Waals surface area contributed by atoms with Crippen LogP contribution < -0.4 is 14.8 Å². The summed E-state index contributed by atoms with van der Waals surface area (Å²) in [6, 6.07) is 4.69. The van der Waals surface area contributed by atoms with Gasteiger partial charge in [0.25, 0.3) is 0 Å². The number of rotatable bonds is 14. The third-order valence-electron chi connectivity index (χ3n) is 5.19. The van der Waals surface area contributed by atoms with Crippen LogP contribution in [-0.4, -0.2) is 77.4 Å². The van der Waals surface area contributed by atoms with Gasteiger partial charge in [0.1, 0.15) is 0 Å². The van der Waals surface area contributed by atoms with E-state index in [1.165, 1.54) is 7.11 Å². The summed E-state index contributed by atoms with van der Waals surface area (Å²) < 4.78 is 58.3. The number of hydrogen-bond acceptors (Lipinski definition) is 6. The summed E-state index contributed by atoms with van der Waals surface area (Å²) in [7, 11) is 6.39. The fraction of sp³-hybridized carbons (Fsp3) is 0.708. The molecular weight excluding hydrogens is 453 g/mol. The Kier molecular flexibility index (Phi) is 12.1. The molecule has 0 radical (unpaired) electrons. The summed E-state index contributed by atoms with van der Waals surface area (Å²) in [5.41, 5.74) is 0.729. The first-order valence-corrected chi connectivity index (χ1v) is 11.2. The molecule has 0 aromatic heterocycles. The van der Waals surface area contributed by atoms with E-state index in [0.717, 1.165) is 5.56 Å². The van der Waals surface area contributed by atoms with Crippen molar-refractivity contribution in [3.63, 3.8) is 0 Å².